The fourth-order valence-electron chi connectivity index (χ4n) is 1.95. The van der Waals surface area contributed by atoms with Crippen LogP contribution in [0.25, 0.3) is 0 Å². The molecule has 0 bridgehead atoms. The molecule has 4 heteroatoms. The Hall–Kier alpha value is -1.00. The number of hydrogen-bond donors (Lipinski definition) is 1. The van der Waals surface area contributed by atoms with Crippen LogP contribution in [0.3, 0.4) is 0 Å². The van der Waals surface area contributed by atoms with Gasteiger partial charge in [-0.25, -0.2) is 4.39 Å². The number of rotatable bonds is 7. The van der Waals surface area contributed by atoms with Gasteiger partial charge in [-0.2, -0.15) is 0 Å². The second-order valence-electron chi connectivity index (χ2n) is 3.87. The molecule has 0 fully saturated rings. The molecule has 0 amide bonds. The first-order chi connectivity index (χ1) is 8.22. The fourth-order valence-corrected chi connectivity index (χ4v) is 1.95. The summed E-state index contributed by atoms with van der Waals surface area (Å²) in [6.07, 6.45) is 3.83. The lowest BCUT2D eigenvalue weighted by atomic mass is 10.0. The SMILES string of the molecule is CCNC(c1cncc(F)c1)C(CC)OCC. The highest BCUT2D eigenvalue weighted by Gasteiger charge is 2.21. The molecule has 1 heterocycles. The quantitative estimate of drug-likeness (QED) is 0.795. The van der Waals surface area contributed by atoms with E-state index in [-0.39, 0.29) is 18.0 Å². The van der Waals surface area contributed by atoms with Gasteiger partial charge in [0, 0.05) is 12.8 Å². The maximum absolute atomic E-state index is 13.2. The van der Waals surface area contributed by atoms with Gasteiger partial charge in [-0.3, -0.25) is 4.98 Å². The molecule has 1 aromatic rings. The lowest BCUT2D eigenvalue weighted by molar-refractivity contribution is 0.0316. The molecule has 0 radical (unpaired) electrons. The van der Waals surface area contributed by atoms with E-state index in [1.165, 1.54) is 12.3 Å². The minimum absolute atomic E-state index is 0.00634. The summed E-state index contributed by atoms with van der Waals surface area (Å²) in [5, 5.41) is 3.33. The lowest BCUT2D eigenvalue weighted by Crippen LogP contribution is -2.33. The molecule has 1 N–H and O–H groups in total. The molecule has 2 atom stereocenters. The Labute approximate surface area is 102 Å². The summed E-state index contributed by atoms with van der Waals surface area (Å²) in [5.74, 6) is -0.309. The number of hydrogen-bond acceptors (Lipinski definition) is 3. The van der Waals surface area contributed by atoms with Crippen molar-refractivity contribution in [1.29, 1.82) is 0 Å². The minimum Gasteiger partial charge on any atom is -0.377 e. The molecular formula is C13H21FN2O. The summed E-state index contributed by atoms with van der Waals surface area (Å²) in [7, 11) is 0. The first-order valence-corrected chi connectivity index (χ1v) is 6.18. The Morgan fingerprint density at radius 2 is 2.12 bits per heavy atom. The average molecular weight is 240 g/mol. The highest BCUT2D eigenvalue weighted by Crippen LogP contribution is 2.21. The van der Waals surface area contributed by atoms with Crippen molar-refractivity contribution in [2.75, 3.05) is 13.2 Å². The largest absolute Gasteiger partial charge is 0.377 e. The molecule has 1 aromatic heterocycles. The van der Waals surface area contributed by atoms with E-state index in [1.807, 2.05) is 13.8 Å². The number of likely N-dealkylation sites (N-methyl/N-ethyl adjacent to an activating group) is 1. The predicted octanol–water partition coefficient (Wildman–Crippen LogP) is 2.69. The van der Waals surface area contributed by atoms with E-state index in [0.717, 1.165) is 18.5 Å². The van der Waals surface area contributed by atoms with E-state index in [1.54, 1.807) is 6.20 Å². The van der Waals surface area contributed by atoms with Crippen molar-refractivity contribution >= 4 is 0 Å². The normalized spacial score (nSPS) is 14.6. The van der Waals surface area contributed by atoms with Crippen LogP contribution in [0.5, 0.6) is 0 Å². The molecule has 0 aliphatic carbocycles. The van der Waals surface area contributed by atoms with E-state index in [0.29, 0.717) is 6.61 Å². The van der Waals surface area contributed by atoms with Crippen LogP contribution in [0.2, 0.25) is 0 Å². The van der Waals surface area contributed by atoms with Crippen LogP contribution in [0.15, 0.2) is 18.5 Å². The topological polar surface area (TPSA) is 34.2 Å². The molecule has 3 nitrogen and oxygen atoms in total. The molecule has 17 heavy (non-hydrogen) atoms. The van der Waals surface area contributed by atoms with E-state index in [2.05, 4.69) is 17.2 Å². The highest BCUT2D eigenvalue weighted by molar-refractivity contribution is 5.16. The van der Waals surface area contributed by atoms with Gasteiger partial charge in [0.25, 0.3) is 0 Å². The standard InChI is InChI=1S/C13H21FN2O/c1-4-12(17-6-3)13(16-5-2)10-7-11(14)9-15-8-10/h7-9,12-13,16H,4-6H2,1-3H3. The Kier molecular flexibility index (Phi) is 6.08. The Bertz CT molecular complexity index is 333. The molecule has 0 spiro atoms. The van der Waals surface area contributed by atoms with Crippen molar-refractivity contribution in [3.63, 3.8) is 0 Å². The highest BCUT2D eigenvalue weighted by atomic mass is 19.1. The van der Waals surface area contributed by atoms with Crippen LogP contribution in [-0.2, 0) is 4.74 Å². The molecule has 2 unspecified atom stereocenters. The van der Waals surface area contributed by atoms with Crippen LogP contribution in [0.1, 0.15) is 38.8 Å². The molecular weight excluding hydrogens is 219 g/mol. The van der Waals surface area contributed by atoms with Crippen LogP contribution in [-0.4, -0.2) is 24.2 Å². The Balaban J connectivity index is 2.90. The second kappa shape index (κ2) is 7.35. The molecule has 0 saturated carbocycles. The summed E-state index contributed by atoms with van der Waals surface area (Å²) in [5.41, 5.74) is 0.840. The zero-order chi connectivity index (χ0) is 12.7. The minimum atomic E-state index is -0.309. The Morgan fingerprint density at radius 3 is 2.65 bits per heavy atom. The lowest BCUT2D eigenvalue weighted by Gasteiger charge is -2.27. The van der Waals surface area contributed by atoms with Gasteiger partial charge in [-0.15, -0.1) is 0 Å². The van der Waals surface area contributed by atoms with Gasteiger partial charge in [0.2, 0.25) is 0 Å². The van der Waals surface area contributed by atoms with Gasteiger partial charge in [-0.1, -0.05) is 13.8 Å². The van der Waals surface area contributed by atoms with Crippen molar-refractivity contribution in [3.05, 3.63) is 29.8 Å². The monoisotopic (exact) mass is 240 g/mol. The first-order valence-electron chi connectivity index (χ1n) is 6.18. The number of nitrogens with zero attached hydrogens (tertiary/aromatic N) is 1. The van der Waals surface area contributed by atoms with Crippen molar-refractivity contribution in [2.24, 2.45) is 0 Å². The molecule has 96 valence electrons. The van der Waals surface area contributed by atoms with Crippen molar-refractivity contribution in [2.45, 2.75) is 39.3 Å². The van der Waals surface area contributed by atoms with Crippen LogP contribution >= 0.6 is 0 Å². The zero-order valence-corrected chi connectivity index (χ0v) is 10.7. The number of nitrogens with one attached hydrogen (secondary N) is 1. The van der Waals surface area contributed by atoms with E-state index < -0.39 is 0 Å². The molecule has 0 aliphatic rings. The van der Waals surface area contributed by atoms with Crippen LogP contribution in [0.4, 0.5) is 4.39 Å². The van der Waals surface area contributed by atoms with Gasteiger partial charge < -0.3 is 10.1 Å². The fraction of sp³-hybridized carbons (Fsp3) is 0.615. The summed E-state index contributed by atoms with van der Waals surface area (Å²) < 4.78 is 18.9. The van der Waals surface area contributed by atoms with Crippen molar-refractivity contribution in [1.82, 2.24) is 10.3 Å². The predicted molar refractivity (Wildman–Crippen MR) is 66.3 cm³/mol. The molecule has 0 aliphatic heterocycles. The first kappa shape index (κ1) is 14.1. The Morgan fingerprint density at radius 1 is 1.35 bits per heavy atom. The smallest absolute Gasteiger partial charge is 0.141 e. The third-order valence-electron chi connectivity index (χ3n) is 2.66. The zero-order valence-electron chi connectivity index (χ0n) is 10.7. The molecule has 1 rings (SSSR count). The van der Waals surface area contributed by atoms with Crippen LogP contribution < -0.4 is 5.32 Å². The van der Waals surface area contributed by atoms with Crippen LogP contribution in [0, 0.1) is 5.82 Å². The van der Waals surface area contributed by atoms with Gasteiger partial charge >= 0.3 is 0 Å². The average Bonchev–Trinajstić information content (AvgIpc) is 2.33. The van der Waals surface area contributed by atoms with Crippen molar-refractivity contribution in [3.8, 4) is 0 Å². The number of aromatic nitrogens is 1. The van der Waals surface area contributed by atoms with Gasteiger partial charge in [0.05, 0.1) is 18.3 Å². The number of halogens is 1. The molecule has 0 aromatic carbocycles. The molecule has 0 saturated heterocycles. The van der Waals surface area contributed by atoms with E-state index in [9.17, 15) is 4.39 Å². The van der Waals surface area contributed by atoms with Gasteiger partial charge in [0.15, 0.2) is 0 Å². The van der Waals surface area contributed by atoms with E-state index in [4.69, 9.17) is 4.74 Å². The van der Waals surface area contributed by atoms with Crippen molar-refractivity contribution < 1.29 is 9.13 Å². The number of pyridine rings is 1. The summed E-state index contributed by atoms with van der Waals surface area (Å²) in [6, 6.07) is 1.51. The van der Waals surface area contributed by atoms with E-state index >= 15 is 0 Å². The maximum atomic E-state index is 13.2. The second-order valence-corrected chi connectivity index (χ2v) is 3.87. The summed E-state index contributed by atoms with van der Waals surface area (Å²) >= 11 is 0. The number of ether oxygens (including phenoxy) is 1. The third kappa shape index (κ3) is 4.06. The maximum Gasteiger partial charge on any atom is 0.141 e. The van der Waals surface area contributed by atoms with Gasteiger partial charge in [-0.05, 0) is 31.5 Å². The summed E-state index contributed by atoms with van der Waals surface area (Å²) in [4.78, 5) is 3.89. The third-order valence-corrected chi connectivity index (χ3v) is 2.66. The van der Waals surface area contributed by atoms with Gasteiger partial charge in [0.1, 0.15) is 5.82 Å². The summed E-state index contributed by atoms with van der Waals surface area (Å²) in [6.45, 7) is 7.53.